The Kier molecular flexibility index (Phi) is 3.57. The normalized spacial score (nSPS) is 16.6. The van der Waals surface area contributed by atoms with Crippen LogP contribution in [0.5, 0.6) is 0 Å². The molecule has 10 heteroatoms. The van der Waals surface area contributed by atoms with Gasteiger partial charge in [0.1, 0.15) is 12.0 Å². The highest BCUT2D eigenvalue weighted by Gasteiger charge is 2.36. The van der Waals surface area contributed by atoms with Crippen LogP contribution >= 0.6 is 0 Å². The highest BCUT2D eigenvalue weighted by Crippen LogP contribution is 2.41. The molecule has 0 unspecified atom stereocenters. The Labute approximate surface area is 171 Å². The van der Waals surface area contributed by atoms with E-state index in [0.29, 0.717) is 17.6 Å². The molecule has 4 aromatic heterocycles. The molecule has 0 amide bonds. The lowest BCUT2D eigenvalue weighted by molar-refractivity contribution is 0.574. The number of allylic oxidation sites excluding steroid dienone is 3. The summed E-state index contributed by atoms with van der Waals surface area (Å²) in [5.41, 5.74) is 1.92. The number of nitrogens with zero attached hydrogens (tertiary/aromatic N) is 10. The maximum atomic E-state index is 4.93. The molecule has 0 aromatic carbocycles. The van der Waals surface area contributed by atoms with Crippen molar-refractivity contribution in [2.45, 2.75) is 19.4 Å². The van der Waals surface area contributed by atoms with Crippen molar-refractivity contribution in [2.75, 3.05) is 4.90 Å². The summed E-state index contributed by atoms with van der Waals surface area (Å²) in [6, 6.07) is 1.80. The van der Waals surface area contributed by atoms with Gasteiger partial charge in [-0.2, -0.15) is 4.98 Å². The molecular weight excluding hydrogens is 380 g/mol. The molecule has 0 spiro atoms. The Bertz CT molecular complexity index is 1300. The molecule has 30 heavy (non-hydrogen) atoms. The van der Waals surface area contributed by atoms with Crippen LogP contribution in [0.4, 0.5) is 5.82 Å². The molecule has 6 rings (SSSR count). The van der Waals surface area contributed by atoms with Crippen LogP contribution in [0.2, 0.25) is 0 Å². The van der Waals surface area contributed by atoms with E-state index in [0.717, 1.165) is 29.4 Å². The molecule has 0 saturated carbocycles. The fourth-order valence-corrected chi connectivity index (χ4v) is 3.80. The molecular formula is C20H16N10. The SMILES string of the molecule is CC[C@@H]1c2nncn2-c2cnc(-n3ccnc3-c3ncccn3)nc2N1C1=CC=C1. The number of hydrogen-bond acceptors (Lipinski definition) is 8. The third-order valence-corrected chi connectivity index (χ3v) is 5.23. The van der Waals surface area contributed by atoms with E-state index in [1.807, 2.05) is 16.8 Å². The van der Waals surface area contributed by atoms with E-state index in [1.165, 1.54) is 0 Å². The van der Waals surface area contributed by atoms with Crippen molar-refractivity contribution in [3.05, 3.63) is 73.1 Å². The molecule has 10 nitrogen and oxygen atoms in total. The maximum absolute atomic E-state index is 4.93. The van der Waals surface area contributed by atoms with Crippen molar-refractivity contribution in [3.63, 3.8) is 0 Å². The molecule has 0 fully saturated rings. The van der Waals surface area contributed by atoms with E-state index in [9.17, 15) is 0 Å². The van der Waals surface area contributed by atoms with Gasteiger partial charge >= 0.3 is 0 Å². The first-order valence-corrected chi connectivity index (χ1v) is 9.61. The Morgan fingerprint density at radius 2 is 1.90 bits per heavy atom. The van der Waals surface area contributed by atoms with Gasteiger partial charge in [-0.25, -0.2) is 19.9 Å². The van der Waals surface area contributed by atoms with E-state index < -0.39 is 0 Å². The van der Waals surface area contributed by atoms with Gasteiger partial charge in [0, 0.05) is 30.5 Å². The smallest absolute Gasteiger partial charge is 0.237 e. The lowest BCUT2D eigenvalue weighted by atomic mass is 10.1. The summed E-state index contributed by atoms with van der Waals surface area (Å²) < 4.78 is 3.75. The molecule has 0 radical (unpaired) electrons. The summed E-state index contributed by atoms with van der Waals surface area (Å²) in [4.78, 5) is 24.8. The second kappa shape index (κ2) is 6.41. The third kappa shape index (κ3) is 2.33. The van der Waals surface area contributed by atoms with Gasteiger partial charge in [-0.1, -0.05) is 13.0 Å². The van der Waals surface area contributed by atoms with Crippen molar-refractivity contribution < 1.29 is 0 Å². The Balaban J connectivity index is 1.53. The molecule has 1 aliphatic carbocycles. The van der Waals surface area contributed by atoms with Gasteiger partial charge in [-0.05, 0) is 24.6 Å². The third-order valence-electron chi connectivity index (χ3n) is 5.23. The second-order valence-corrected chi connectivity index (χ2v) is 6.88. The van der Waals surface area contributed by atoms with Crippen LogP contribution in [0.15, 0.2) is 67.3 Å². The van der Waals surface area contributed by atoms with Crippen LogP contribution in [0.1, 0.15) is 25.2 Å². The van der Waals surface area contributed by atoms with E-state index in [1.54, 1.807) is 41.7 Å². The van der Waals surface area contributed by atoms with E-state index in [4.69, 9.17) is 4.98 Å². The number of aromatic nitrogens is 9. The summed E-state index contributed by atoms with van der Waals surface area (Å²) in [5.74, 6) is 3.26. The largest absolute Gasteiger partial charge is 0.314 e. The molecule has 4 aromatic rings. The first-order chi connectivity index (χ1) is 14.8. The van der Waals surface area contributed by atoms with Crippen LogP contribution in [-0.2, 0) is 0 Å². The zero-order chi connectivity index (χ0) is 20.1. The van der Waals surface area contributed by atoms with E-state index in [-0.39, 0.29) is 6.04 Å². The summed E-state index contributed by atoms with van der Waals surface area (Å²) >= 11 is 0. The minimum absolute atomic E-state index is 0.0265. The lowest BCUT2D eigenvalue weighted by Crippen LogP contribution is -2.35. The predicted octanol–water partition coefficient (Wildman–Crippen LogP) is 2.42. The van der Waals surface area contributed by atoms with Crippen LogP contribution in [0.3, 0.4) is 0 Å². The van der Waals surface area contributed by atoms with Gasteiger partial charge in [-0.15, -0.1) is 10.2 Å². The highest BCUT2D eigenvalue weighted by atomic mass is 15.4. The summed E-state index contributed by atoms with van der Waals surface area (Å²) in [5, 5.41) is 8.48. The van der Waals surface area contributed by atoms with Gasteiger partial charge in [-0.3, -0.25) is 9.13 Å². The van der Waals surface area contributed by atoms with Gasteiger partial charge in [0.2, 0.25) is 5.95 Å². The van der Waals surface area contributed by atoms with Crippen molar-refractivity contribution in [1.82, 2.24) is 44.3 Å². The van der Waals surface area contributed by atoms with Crippen LogP contribution < -0.4 is 4.90 Å². The van der Waals surface area contributed by atoms with Crippen LogP contribution in [0, 0.1) is 0 Å². The minimum atomic E-state index is 0.0265. The number of imidazole rings is 1. The number of hydrogen-bond donors (Lipinski definition) is 0. The zero-order valence-electron chi connectivity index (χ0n) is 16.0. The molecule has 5 heterocycles. The van der Waals surface area contributed by atoms with Crippen LogP contribution in [0.25, 0.3) is 23.3 Å². The van der Waals surface area contributed by atoms with Gasteiger partial charge in [0.25, 0.3) is 0 Å². The standard InChI is InChI=1S/C20H16N10/c1-2-14-18-27-25-12-29(18)15-11-24-20(26-17(15)30(14)13-5-3-6-13)28-10-9-23-19(28)16-21-7-4-8-22-16/h3-12,14H,2H2,1H3/t14-/m1/s1. The van der Waals surface area contributed by atoms with Crippen molar-refractivity contribution in [3.8, 4) is 23.3 Å². The second-order valence-electron chi connectivity index (χ2n) is 6.88. The van der Waals surface area contributed by atoms with Crippen LogP contribution in [-0.4, -0.2) is 44.3 Å². The lowest BCUT2D eigenvalue weighted by Gasteiger charge is -2.38. The Hall–Kier alpha value is -4.21. The average molecular weight is 396 g/mol. The topological polar surface area (TPSA) is 103 Å². The minimum Gasteiger partial charge on any atom is -0.314 e. The average Bonchev–Trinajstić information content (AvgIpc) is 3.43. The van der Waals surface area contributed by atoms with Crippen molar-refractivity contribution in [2.24, 2.45) is 0 Å². The summed E-state index contributed by atoms with van der Waals surface area (Å²) in [7, 11) is 0. The van der Waals surface area contributed by atoms with Gasteiger partial charge in [0.15, 0.2) is 23.3 Å². The van der Waals surface area contributed by atoms with Gasteiger partial charge < -0.3 is 4.90 Å². The maximum Gasteiger partial charge on any atom is 0.237 e. The van der Waals surface area contributed by atoms with Gasteiger partial charge in [0.05, 0.1) is 12.2 Å². The molecule has 146 valence electrons. The molecule has 2 aliphatic rings. The molecule has 0 bridgehead atoms. The number of anilines is 1. The zero-order valence-corrected chi connectivity index (χ0v) is 16.0. The van der Waals surface area contributed by atoms with E-state index >= 15 is 0 Å². The summed E-state index contributed by atoms with van der Waals surface area (Å²) in [6.07, 6.45) is 17.4. The molecule has 0 saturated heterocycles. The quantitative estimate of drug-likeness (QED) is 0.518. The monoisotopic (exact) mass is 396 g/mol. The van der Waals surface area contributed by atoms with Crippen molar-refractivity contribution in [1.29, 1.82) is 0 Å². The Morgan fingerprint density at radius 3 is 2.67 bits per heavy atom. The molecule has 1 aliphatic heterocycles. The first kappa shape index (κ1) is 16.7. The fourth-order valence-electron chi connectivity index (χ4n) is 3.80. The predicted molar refractivity (Wildman–Crippen MR) is 108 cm³/mol. The highest BCUT2D eigenvalue weighted by molar-refractivity contribution is 5.68. The van der Waals surface area contributed by atoms with Crippen molar-refractivity contribution >= 4 is 5.82 Å². The first-order valence-electron chi connectivity index (χ1n) is 9.61. The fraction of sp³-hybridized carbons (Fsp3) is 0.150. The molecule has 0 N–H and O–H groups in total. The Morgan fingerprint density at radius 1 is 1.03 bits per heavy atom. The number of fused-ring (bicyclic) bond motifs is 3. The number of rotatable bonds is 4. The summed E-state index contributed by atoms with van der Waals surface area (Å²) in [6.45, 7) is 2.13. The van der Waals surface area contributed by atoms with E-state index in [2.05, 4.69) is 54.1 Å². The molecule has 1 atom stereocenters.